The topological polar surface area (TPSA) is 32.3 Å². The van der Waals surface area contributed by atoms with Gasteiger partial charge in [-0.3, -0.25) is 0 Å². The van der Waals surface area contributed by atoms with E-state index in [2.05, 4.69) is 36.5 Å². The van der Waals surface area contributed by atoms with E-state index in [1.54, 1.807) is 0 Å². The van der Waals surface area contributed by atoms with Gasteiger partial charge in [-0.1, -0.05) is 54.9 Å². The molecule has 0 spiro atoms. The molecule has 3 heteroatoms. The average Bonchev–Trinajstić information content (AvgIpc) is 3.11. The maximum atomic E-state index is 11.1. The molecule has 1 heterocycles. The van der Waals surface area contributed by atoms with E-state index in [0.29, 0.717) is 0 Å². The Kier molecular flexibility index (Phi) is 5.37. The molecule has 23 heavy (non-hydrogen) atoms. The Balaban J connectivity index is 1.99. The smallest absolute Gasteiger partial charge is 0.0802 e. The monoisotopic (exact) mass is 329 g/mol. The maximum absolute atomic E-state index is 11.1. The summed E-state index contributed by atoms with van der Waals surface area (Å²) in [6.07, 6.45) is 2.72. The predicted octanol–water partition coefficient (Wildman–Crippen LogP) is 4.15. The fraction of sp³-hybridized carbons (Fsp3) is 0.400. The summed E-state index contributed by atoms with van der Waals surface area (Å²) in [5, 5.41) is 15.2. The first-order chi connectivity index (χ1) is 11.2. The van der Waals surface area contributed by atoms with Gasteiger partial charge in [0.2, 0.25) is 0 Å². The number of aliphatic hydroxyl groups is 1. The molecule has 1 saturated heterocycles. The molecule has 3 atom stereocenters. The third-order valence-electron chi connectivity index (χ3n) is 4.80. The van der Waals surface area contributed by atoms with Gasteiger partial charge in [-0.15, -0.1) is 0 Å². The number of hydrogen-bond acceptors (Lipinski definition) is 2. The van der Waals surface area contributed by atoms with Gasteiger partial charge in [0.05, 0.1) is 6.10 Å². The molecular weight excluding hydrogens is 306 g/mol. The van der Waals surface area contributed by atoms with Gasteiger partial charge in [-0.05, 0) is 54.6 Å². The molecular formula is C20H24ClNO. The number of nitrogens with one attached hydrogen (secondary N) is 1. The molecule has 3 rings (SSSR count). The summed E-state index contributed by atoms with van der Waals surface area (Å²) in [5.74, 6) is -0.0330. The lowest BCUT2D eigenvalue weighted by Gasteiger charge is -2.29. The zero-order valence-corrected chi connectivity index (χ0v) is 14.3. The van der Waals surface area contributed by atoms with Crippen LogP contribution in [0.15, 0.2) is 48.5 Å². The van der Waals surface area contributed by atoms with Gasteiger partial charge in [-0.2, -0.15) is 0 Å². The number of aryl methyl sites for hydroxylation is 1. The Labute approximate surface area is 143 Å². The highest BCUT2D eigenvalue weighted by molar-refractivity contribution is 6.30. The van der Waals surface area contributed by atoms with Crippen LogP contribution in [-0.4, -0.2) is 23.8 Å². The highest BCUT2D eigenvalue weighted by Crippen LogP contribution is 2.33. The summed E-state index contributed by atoms with van der Waals surface area (Å²) in [4.78, 5) is 0. The van der Waals surface area contributed by atoms with Crippen LogP contribution in [0.5, 0.6) is 0 Å². The lowest BCUT2D eigenvalue weighted by Crippen LogP contribution is -2.39. The van der Waals surface area contributed by atoms with E-state index < -0.39 is 6.10 Å². The second kappa shape index (κ2) is 7.48. The van der Waals surface area contributed by atoms with Gasteiger partial charge in [-0.25, -0.2) is 0 Å². The van der Waals surface area contributed by atoms with Crippen molar-refractivity contribution in [3.8, 4) is 0 Å². The quantitative estimate of drug-likeness (QED) is 0.863. The molecule has 122 valence electrons. The minimum absolute atomic E-state index is 0.0330. The summed E-state index contributed by atoms with van der Waals surface area (Å²) in [5.41, 5.74) is 3.59. The van der Waals surface area contributed by atoms with Crippen LogP contribution in [0.4, 0.5) is 0 Å². The van der Waals surface area contributed by atoms with Gasteiger partial charge < -0.3 is 10.4 Å². The highest BCUT2D eigenvalue weighted by Gasteiger charge is 2.31. The molecule has 0 unspecified atom stereocenters. The first-order valence-corrected chi connectivity index (χ1v) is 8.82. The SMILES string of the molecule is CCc1cccc([C@H](c2ccc(Cl)cc2)[C@@H](O)[C@H]2CCCN2)c1. The van der Waals surface area contributed by atoms with Crippen LogP contribution in [0.1, 0.15) is 42.4 Å². The van der Waals surface area contributed by atoms with Crippen molar-refractivity contribution in [1.82, 2.24) is 5.32 Å². The fourth-order valence-electron chi connectivity index (χ4n) is 3.50. The third-order valence-corrected chi connectivity index (χ3v) is 5.05. The largest absolute Gasteiger partial charge is 0.391 e. The van der Waals surface area contributed by atoms with Crippen molar-refractivity contribution in [3.05, 3.63) is 70.2 Å². The molecule has 2 aromatic carbocycles. The first kappa shape index (κ1) is 16.5. The molecule has 2 nitrogen and oxygen atoms in total. The van der Waals surface area contributed by atoms with Crippen LogP contribution in [-0.2, 0) is 6.42 Å². The molecule has 2 aromatic rings. The summed E-state index contributed by atoms with van der Waals surface area (Å²) in [7, 11) is 0. The summed E-state index contributed by atoms with van der Waals surface area (Å²) < 4.78 is 0. The van der Waals surface area contributed by atoms with Crippen molar-refractivity contribution in [2.75, 3.05) is 6.54 Å². The normalized spacial score (nSPS) is 20.4. The van der Waals surface area contributed by atoms with E-state index in [0.717, 1.165) is 36.4 Å². The number of aliphatic hydroxyl groups excluding tert-OH is 1. The fourth-order valence-corrected chi connectivity index (χ4v) is 3.62. The van der Waals surface area contributed by atoms with Crippen molar-refractivity contribution in [1.29, 1.82) is 0 Å². The standard InChI is InChI=1S/C20H24ClNO/c1-2-14-5-3-6-16(13-14)19(15-8-10-17(21)11-9-15)20(23)18-7-4-12-22-18/h3,5-6,8-11,13,18-20,22-23H,2,4,7,12H2,1H3/t18-,19+,20+/m1/s1. The van der Waals surface area contributed by atoms with Crippen LogP contribution < -0.4 is 5.32 Å². The van der Waals surface area contributed by atoms with Crippen molar-refractivity contribution < 1.29 is 5.11 Å². The zero-order valence-electron chi connectivity index (χ0n) is 13.5. The minimum Gasteiger partial charge on any atom is -0.391 e. The van der Waals surface area contributed by atoms with Crippen LogP contribution in [0, 0.1) is 0 Å². The Morgan fingerprint density at radius 2 is 1.96 bits per heavy atom. The third kappa shape index (κ3) is 3.77. The Bertz CT molecular complexity index is 634. The van der Waals surface area contributed by atoms with E-state index in [9.17, 15) is 5.11 Å². The van der Waals surface area contributed by atoms with Crippen molar-refractivity contribution in [2.24, 2.45) is 0 Å². The number of rotatable bonds is 5. The van der Waals surface area contributed by atoms with E-state index in [4.69, 9.17) is 11.6 Å². The molecule has 0 aromatic heterocycles. The van der Waals surface area contributed by atoms with Crippen LogP contribution in [0.3, 0.4) is 0 Å². The Morgan fingerprint density at radius 1 is 1.17 bits per heavy atom. The van der Waals surface area contributed by atoms with Crippen molar-refractivity contribution in [3.63, 3.8) is 0 Å². The molecule has 2 N–H and O–H groups in total. The molecule has 0 saturated carbocycles. The molecule has 0 aliphatic carbocycles. The van der Waals surface area contributed by atoms with E-state index in [1.165, 1.54) is 11.1 Å². The van der Waals surface area contributed by atoms with Crippen LogP contribution in [0.25, 0.3) is 0 Å². The van der Waals surface area contributed by atoms with Crippen molar-refractivity contribution >= 4 is 11.6 Å². The Hall–Kier alpha value is -1.35. The highest BCUT2D eigenvalue weighted by atomic mass is 35.5. The lowest BCUT2D eigenvalue weighted by atomic mass is 9.82. The summed E-state index contributed by atoms with van der Waals surface area (Å²) in [6.45, 7) is 3.15. The van der Waals surface area contributed by atoms with Crippen LogP contribution in [0.2, 0.25) is 5.02 Å². The molecule has 0 radical (unpaired) electrons. The number of halogens is 1. The number of benzene rings is 2. The average molecular weight is 330 g/mol. The molecule has 1 aliphatic heterocycles. The zero-order chi connectivity index (χ0) is 16.2. The van der Waals surface area contributed by atoms with Crippen LogP contribution >= 0.6 is 11.6 Å². The molecule has 1 fully saturated rings. The van der Waals surface area contributed by atoms with Gasteiger partial charge >= 0.3 is 0 Å². The molecule has 0 amide bonds. The Morgan fingerprint density at radius 3 is 2.61 bits per heavy atom. The van der Waals surface area contributed by atoms with Gasteiger partial charge in [0, 0.05) is 17.0 Å². The maximum Gasteiger partial charge on any atom is 0.0802 e. The minimum atomic E-state index is -0.439. The van der Waals surface area contributed by atoms with Crippen molar-refractivity contribution in [2.45, 2.75) is 44.2 Å². The summed E-state index contributed by atoms with van der Waals surface area (Å²) >= 11 is 6.04. The predicted molar refractivity (Wildman–Crippen MR) is 96.1 cm³/mol. The first-order valence-electron chi connectivity index (χ1n) is 8.45. The molecule has 0 bridgehead atoms. The lowest BCUT2D eigenvalue weighted by molar-refractivity contribution is 0.119. The number of hydrogen-bond donors (Lipinski definition) is 2. The second-order valence-corrected chi connectivity index (χ2v) is 6.76. The molecule has 1 aliphatic rings. The van der Waals surface area contributed by atoms with E-state index in [-0.39, 0.29) is 12.0 Å². The van der Waals surface area contributed by atoms with E-state index >= 15 is 0 Å². The van der Waals surface area contributed by atoms with E-state index in [1.807, 2.05) is 24.3 Å². The van der Waals surface area contributed by atoms with Gasteiger partial charge in [0.1, 0.15) is 0 Å². The summed E-state index contributed by atoms with van der Waals surface area (Å²) in [6, 6.07) is 16.6. The van der Waals surface area contributed by atoms with Gasteiger partial charge in [0.15, 0.2) is 0 Å². The second-order valence-electron chi connectivity index (χ2n) is 6.32. The van der Waals surface area contributed by atoms with Gasteiger partial charge in [0.25, 0.3) is 0 Å².